The minimum absolute atomic E-state index is 0.134. The zero-order chi connectivity index (χ0) is 27.2. The molecule has 0 radical (unpaired) electrons. The van der Waals surface area contributed by atoms with Gasteiger partial charge in [-0.25, -0.2) is 9.18 Å². The number of hydrogen-bond acceptors (Lipinski definition) is 5. The predicted molar refractivity (Wildman–Crippen MR) is 132 cm³/mol. The van der Waals surface area contributed by atoms with Crippen LogP contribution in [0.3, 0.4) is 0 Å². The molecule has 1 saturated heterocycles. The number of alkyl halides is 3. The zero-order valence-corrected chi connectivity index (χ0v) is 20.8. The van der Waals surface area contributed by atoms with E-state index in [2.05, 4.69) is 4.90 Å². The molecule has 1 fully saturated rings. The van der Waals surface area contributed by atoms with Crippen LogP contribution in [0.5, 0.6) is 0 Å². The van der Waals surface area contributed by atoms with Crippen LogP contribution in [0.2, 0.25) is 0 Å². The lowest BCUT2D eigenvalue weighted by molar-refractivity contribution is -0.138. The number of aromatic nitrogens is 2. The zero-order valence-electron chi connectivity index (χ0n) is 20.8. The van der Waals surface area contributed by atoms with Crippen molar-refractivity contribution in [3.8, 4) is 0 Å². The Balaban J connectivity index is 1.69. The Hall–Kier alpha value is -3.28. The molecule has 1 atom stereocenters. The van der Waals surface area contributed by atoms with E-state index in [9.17, 15) is 27.2 Å². The molecule has 3 heterocycles. The summed E-state index contributed by atoms with van der Waals surface area (Å²) in [6.07, 6.45) is -3.88. The van der Waals surface area contributed by atoms with E-state index in [4.69, 9.17) is 10.5 Å². The highest BCUT2D eigenvalue weighted by Gasteiger charge is 2.47. The molecule has 2 aliphatic heterocycles. The molecule has 38 heavy (non-hydrogen) atoms. The van der Waals surface area contributed by atoms with Gasteiger partial charge in [-0.15, -0.1) is 0 Å². The lowest BCUT2D eigenvalue weighted by atomic mass is 9.85. The number of nitrogens with two attached hydrogens (primary N) is 1. The van der Waals surface area contributed by atoms with Crippen molar-refractivity contribution in [2.45, 2.75) is 50.4 Å². The van der Waals surface area contributed by atoms with Gasteiger partial charge in [0.15, 0.2) is 0 Å². The van der Waals surface area contributed by atoms with Crippen molar-refractivity contribution in [1.29, 1.82) is 0 Å². The Morgan fingerprint density at radius 2 is 1.71 bits per heavy atom. The fraction of sp³-hybridized carbons (Fsp3) is 0.407. The van der Waals surface area contributed by atoms with Crippen LogP contribution in [0.15, 0.2) is 58.1 Å². The molecule has 1 spiro atoms. The summed E-state index contributed by atoms with van der Waals surface area (Å²) in [4.78, 5) is 29.7. The second-order valence-corrected chi connectivity index (χ2v) is 9.97. The minimum Gasteiger partial charge on any atom is -0.364 e. The normalized spacial score (nSPS) is 18.1. The number of rotatable bonds is 5. The van der Waals surface area contributed by atoms with Crippen molar-refractivity contribution in [1.82, 2.24) is 14.0 Å². The van der Waals surface area contributed by atoms with Crippen LogP contribution in [0, 0.1) is 5.82 Å². The Labute approximate surface area is 216 Å². The van der Waals surface area contributed by atoms with Gasteiger partial charge in [-0.3, -0.25) is 13.9 Å². The summed E-state index contributed by atoms with van der Waals surface area (Å²) >= 11 is 0. The van der Waals surface area contributed by atoms with Gasteiger partial charge in [-0.1, -0.05) is 36.4 Å². The molecule has 0 amide bonds. The monoisotopic (exact) mass is 532 g/mol. The van der Waals surface area contributed by atoms with Crippen LogP contribution in [-0.2, 0) is 36.2 Å². The number of likely N-dealkylation sites (tertiary alicyclic amines) is 1. The maximum absolute atomic E-state index is 14.8. The Bertz CT molecular complexity index is 1460. The third-order valence-electron chi connectivity index (χ3n) is 7.62. The summed E-state index contributed by atoms with van der Waals surface area (Å²) in [6, 6.07) is 10.8. The number of benzene rings is 2. The standard InChI is InChI=1S/C27H28F4N4O3/c1-33-12-10-26(11-13-33)23-22(16-38-26)34(14-18-19(27(29,30)31)8-5-9-20(18)28)25(37)35(24(23)36)15-21(32)17-6-3-2-4-7-17/h2-9,21H,10-16,32H2,1H3. The molecule has 5 rings (SSSR count). The van der Waals surface area contributed by atoms with E-state index in [1.807, 2.05) is 7.05 Å². The van der Waals surface area contributed by atoms with Crippen LogP contribution >= 0.6 is 0 Å². The van der Waals surface area contributed by atoms with Crippen molar-refractivity contribution in [2.75, 3.05) is 20.1 Å². The minimum atomic E-state index is -4.83. The van der Waals surface area contributed by atoms with Gasteiger partial charge in [0.05, 0.1) is 36.5 Å². The molecule has 1 aromatic heterocycles. The van der Waals surface area contributed by atoms with Crippen LogP contribution in [0.1, 0.15) is 46.8 Å². The number of fused-ring (bicyclic) bond motifs is 2. The van der Waals surface area contributed by atoms with E-state index < -0.39 is 52.6 Å². The maximum Gasteiger partial charge on any atom is 0.416 e. The van der Waals surface area contributed by atoms with Crippen LogP contribution in [-0.4, -0.2) is 34.2 Å². The van der Waals surface area contributed by atoms with Crippen LogP contribution < -0.4 is 17.0 Å². The van der Waals surface area contributed by atoms with Gasteiger partial charge >= 0.3 is 11.9 Å². The molecule has 11 heteroatoms. The molecule has 0 aliphatic carbocycles. The average molecular weight is 533 g/mol. The summed E-state index contributed by atoms with van der Waals surface area (Å²) in [5, 5.41) is 0. The summed E-state index contributed by atoms with van der Waals surface area (Å²) in [5.41, 5.74) is 3.21. The fourth-order valence-corrected chi connectivity index (χ4v) is 5.47. The highest BCUT2D eigenvalue weighted by atomic mass is 19.4. The Kier molecular flexibility index (Phi) is 6.79. The molecule has 0 bridgehead atoms. The van der Waals surface area contributed by atoms with Crippen molar-refractivity contribution in [3.05, 3.63) is 103 Å². The van der Waals surface area contributed by atoms with E-state index in [0.29, 0.717) is 31.5 Å². The van der Waals surface area contributed by atoms with Crippen molar-refractivity contribution >= 4 is 0 Å². The van der Waals surface area contributed by atoms with Gasteiger partial charge in [0.25, 0.3) is 5.56 Å². The predicted octanol–water partition coefficient (Wildman–Crippen LogP) is 3.37. The first-order chi connectivity index (χ1) is 18.0. The van der Waals surface area contributed by atoms with Gasteiger partial charge < -0.3 is 15.4 Å². The molecule has 2 aromatic carbocycles. The second-order valence-electron chi connectivity index (χ2n) is 9.97. The smallest absolute Gasteiger partial charge is 0.364 e. The lowest BCUT2D eigenvalue weighted by Crippen LogP contribution is -2.49. The van der Waals surface area contributed by atoms with Gasteiger partial charge in [0.2, 0.25) is 0 Å². The molecule has 2 N–H and O–H groups in total. The molecule has 7 nitrogen and oxygen atoms in total. The number of halogens is 4. The Morgan fingerprint density at radius 1 is 1.03 bits per heavy atom. The van der Waals surface area contributed by atoms with Crippen molar-refractivity contribution < 1.29 is 22.3 Å². The lowest BCUT2D eigenvalue weighted by Gasteiger charge is -2.37. The number of ether oxygens (including phenoxy) is 1. The van der Waals surface area contributed by atoms with Crippen molar-refractivity contribution in [2.24, 2.45) is 5.73 Å². The van der Waals surface area contributed by atoms with Crippen molar-refractivity contribution in [3.63, 3.8) is 0 Å². The first-order valence-electron chi connectivity index (χ1n) is 12.4. The number of piperidine rings is 1. The van der Waals surface area contributed by atoms with Crippen LogP contribution in [0.25, 0.3) is 0 Å². The highest BCUT2D eigenvalue weighted by molar-refractivity contribution is 5.35. The van der Waals surface area contributed by atoms with E-state index in [0.717, 1.165) is 27.3 Å². The second kappa shape index (κ2) is 9.79. The first-order valence-corrected chi connectivity index (χ1v) is 12.4. The van der Waals surface area contributed by atoms with Gasteiger partial charge in [0.1, 0.15) is 11.4 Å². The van der Waals surface area contributed by atoms with E-state index >= 15 is 0 Å². The summed E-state index contributed by atoms with van der Waals surface area (Å²) < 4.78 is 64.3. The fourth-order valence-electron chi connectivity index (χ4n) is 5.47. The topological polar surface area (TPSA) is 82.5 Å². The molecule has 2 aliphatic rings. The molecule has 3 aromatic rings. The van der Waals surface area contributed by atoms with Crippen LogP contribution in [0.4, 0.5) is 17.6 Å². The van der Waals surface area contributed by atoms with E-state index in [1.165, 1.54) is 0 Å². The van der Waals surface area contributed by atoms with E-state index in [-0.39, 0.29) is 24.4 Å². The largest absolute Gasteiger partial charge is 0.416 e. The molecule has 202 valence electrons. The SMILES string of the molecule is CN1CCC2(CC1)OCc1c2c(=O)n(CC(N)c2ccccc2)c(=O)n1Cc1c(F)cccc1C(F)(F)F. The number of nitrogens with zero attached hydrogens (tertiary/aromatic N) is 3. The summed E-state index contributed by atoms with van der Waals surface area (Å²) in [6.45, 7) is 0.224. The quantitative estimate of drug-likeness (QED) is 0.510. The molecular formula is C27H28F4N4O3. The highest BCUT2D eigenvalue weighted by Crippen LogP contribution is 2.42. The molecule has 0 saturated carbocycles. The van der Waals surface area contributed by atoms with Gasteiger partial charge in [-0.2, -0.15) is 13.2 Å². The number of hydrogen-bond donors (Lipinski definition) is 1. The summed E-state index contributed by atoms with van der Waals surface area (Å²) in [7, 11) is 1.94. The van der Waals surface area contributed by atoms with E-state index in [1.54, 1.807) is 30.3 Å². The van der Waals surface area contributed by atoms with Gasteiger partial charge in [-0.05, 0) is 37.6 Å². The maximum atomic E-state index is 14.8. The summed E-state index contributed by atoms with van der Waals surface area (Å²) in [5.74, 6) is -1.09. The third kappa shape index (κ3) is 4.59. The van der Waals surface area contributed by atoms with Gasteiger partial charge in [0, 0.05) is 24.7 Å². The third-order valence-corrected chi connectivity index (χ3v) is 7.62. The average Bonchev–Trinajstić information content (AvgIpc) is 3.25. The molecular weight excluding hydrogens is 504 g/mol. The Morgan fingerprint density at radius 3 is 2.37 bits per heavy atom. The first kappa shape index (κ1) is 26.3. The molecule has 1 unspecified atom stereocenters.